The highest BCUT2D eigenvalue weighted by Crippen LogP contribution is 2.14. The van der Waals surface area contributed by atoms with Gasteiger partial charge in [-0.25, -0.2) is 4.98 Å². The van der Waals surface area contributed by atoms with Crippen molar-refractivity contribution in [1.82, 2.24) is 14.8 Å². The molecule has 114 valence electrons. The second kappa shape index (κ2) is 6.87. The summed E-state index contributed by atoms with van der Waals surface area (Å²) >= 11 is 5.89. The third-order valence-corrected chi connectivity index (χ3v) is 3.60. The van der Waals surface area contributed by atoms with E-state index in [1.54, 1.807) is 24.0 Å². The number of hydrogen-bond donors (Lipinski definition) is 0. The number of carbonyl (C=O) groups is 2. The molecule has 0 N–H and O–H groups in total. The number of aromatic nitrogens is 1. The summed E-state index contributed by atoms with van der Waals surface area (Å²) in [5.74, 6) is -0.313. The van der Waals surface area contributed by atoms with Crippen LogP contribution in [-0.4, -0.2) is 66.5 Å². The molecular weight excluding hydrogens is 294 g/mol. The number of aryl methyl sites for hydroxylation is 1. The second-order valence-corrected chi connectivity index (χ2v) is 5.35. The summed E-state index contributed by atoms with van der Waals surface area (Å²) in [4.78, 5) is 31.4. The van der Waals surface area contributed by atoms with Crippen molar-refractivity contribution in [1.29, 1.82) is 0 Å². The van der Waals surface area contributed by atoms with Crippen molar-refractivity contribution in [2.24, 2.45) is 0 Å². The number of methoxy groups -OCH3 is 1. The van der Waals surface area contributed by atoms with Gasteiger partial charge in [-0.2, -0.15) is 0 Å². The highest BCUT2D eigenvalue weighted by Gasteiger charge is 2.23. The van der Waals surface area contributed by atoms with Crippen LogP contribution >= 0.6 is 11.6 Å². The zero-order valence-electron chi connectivity index (χ0n) is 12.1. The molecule has 0 unspecified atom stereocenters. The van der Waals surface area contributed by atoms with Crippen molar-refractivity contribution in [2.45, 2.75) is 6.92 Å². The molecule has 21 heavy (non-hydrogen) atoms. The number of esters is 1. The van der Waals surface area contributed by atoms with Crippen LogP contribution in [0.4, 0.5) is 0 Å². The fraction of sp³-hybridized carbons (Fsp3) is 0.500. The molecule has 7 heteroatoms. The minimum atomic E-state index is -0.258. The van der Waals surface area contributed by atoms with Gasteiger partial charge in [0.05, 0.1) is 13.7 Å². The van der Waals surface area contributed by atoms with E-state index in [0.717, 1.165) is 5.69 Å². The van der Waals surface area contributed by atoms with Gasteiger partial charge in [0, 0.05) is 37.4 Å². The predicted molar refractivity (Wildman–Crippen MR) is 78.3 cm³/mol. The highest BCUT2D eigenvalue weighted by molar-refractivity contribution is 6.29. The normalized spacial score (nSPS) is 15.9. The van der Waals surface area contributed by atoms with E-state index in [0.29, 0.717) is 36.9 Å². The summed E-state index contributed by atoms with van der Waals surface area (Å²) in [6.07, 6.45) is 0. The van der Waals surface area contributed by atoms with Crippen molar-refractivity contribution in [3.8, 4) is 0 Å². The summed E-state index contributed by atoms with van der Waals surface area (Å²) < 4.78 is 4.64. The first-order valence-corrected chi connectivity index (χ1v) is 7.10. The predicted octanol–water partition coefficient (Wildman–Crippen LogP) is 0.974. The van der Waals surface area contributed by atoms with Crippen molar-refractivity contribution >= 4 is 23.5 Å². The molecule has 1 aliphatic rings. The molecule has 2 heterocycles. The number of hydrogen-bond acceptors (Lipinski definition) is 5. The van der Waals surface area contributed by atoms with E-state index in [2.05, 4.69) is 9.72 Å². The van der Waals surface area contributed by atoms with Crippen LogP contribution in [0.25, 0.3) is 0 Å². The average molecular weight is 312 g/mol. The topological polar surface area (TPSA) is 62.7 Å². The van der Waals surface area contributed by atoms with Crippen LogP contribution in [0, 0.1) is 6.92 Å². The lowest BCUT2D eigenvalue weighted by Crippen LogP contribution is -2.50. The van der Waals surface area contributed by atoms with Crippen LogP contribution in [0.2, 0.25) is 5.15 Å². The molecule has 0 spiro atoms. The van der Waals surface area contributed by atoms with Crippen molar-refractivity contribution in [3.63, 3.8) is 0 Å². The summed E-state index contributed by atoms with van der Waals surface area (Å²) in [7, 11) is 1.37. The van der Waals surface area contributed by atoms with Crippen LogP contribution in [0.15, 0.2) is 12.1 Å². The Labute approximate surface area is 128 Å². The molecule has 1 fully saturated rings. The lowest BCUT2D eigenvalue weighted by molar-refractivity contribution is -0.142. The molecule has 1 aromatic rings. The maximum Gasteiger partial charge on any atom is 0.319 e. The number of carbonyl (C=O) groups excluding carboxylic acids is 2. The second-order valence-electron chi connectivity index (χ2n) is 4.96. The minimum Gasteiger partial charge on any atom is -0.468 e. The van der Waals surface area contributed by atoms with Crippen LogP contribution in [0.3, 0.4) is 0 Å². The fourth-order valence-electron chi connectivity index (χ4n) is 2.29. The fourth-order valence-corrected chi connectivity index (χ4v) is 2.54. The first kappa shape index (κ1) is 15.7. The highest BCUT2D eigenvalue weighted by atomic mass is 35.5. The van der Waals surface area contributed by atoms with Crippen molar-refractivity contribution in [2.75, 3.05) is 39.8 Å². The molecule has 0 aromatic carbocycles. The largest absolute Gasteiger partial charge is 0.468 e. The third kappa shape index (κ3) is 4.15. The Hall–Kier alpha value is -1.66. The van der Waals surface area contributed by atoms with E-state index in [9.17, 15) is 9.59 Å². The van der Waals surface area contributed by atoms with Crippen LogP contribution < -0.4 is 0 Å². The van der Waals surface area contributed by atoms with Crippen molar-refractivity contribution < 1.29 is 14.3 Å². The van der Waals surface area contributed by atoms with Gasteiger partial charge >= 0.3 is 5.97 Å². The van der Waals surface area contributed by atoms with E-state index in [-0.39, 0.29) is 18.4 Å². The monoisotopic (exact) mass is 311 g/mol. The first-order chi connectivity index (χ1) is 9.99. The Kier molecular flexibility index (Phi) is 5.14. The summed E-state index contributed by atoms with van der Waals surface area (Å²) in [5, 5.41) is 0.322. The quantitative estimate of drug-likeness (QED) is 0.615. The van der Waals surface area contributed by atoms with E-state index in [4.69, 9.17) is 11.6 Å². The molecule has 1 aromatic heterocycles. The molecule has 2 rings (SSSR count). The van der Waals surface area contributed by atoms with E-state index in [1.807, 2.05) is 4.90 Å². The molecule has 0 radical (unpaired) electrons. The Morgan fingerprint density at radius 1 is 1.29 bits per heavy atom. The number of rotatable bonds is 3. The van der Waals surface area contributed by atoms with Gasteiger partial charge in [-0.15, -0.1) is 0 Å². The van der Waals surface area contributed by atoms with E-state index < -0.39 is 0 Å². The zero-order valence-corrected chi connectivity index (χ0v) is 12.9. The molecule has 0 atom stereocenters. The molecule has 0 aliphatic carbocycles. The smallest absolute Gasteiger partial charge is 0.319 e. The Morgan fingerprint density at radius 3 is 2.52 bits per heavy atom. The van der Waals surface area contributed by atoms with Gasteiger partial charge < -0.3 is 9.64 Å². The summed E-state index contributed by atoms with van der Waals surface area (Å²) in [5.41, 5.74) is 1.27. The SMILES string of the molecule is COC(=O)CN1CCN(C(=O)c2cc(C)nc(Cl)c2)CC1. The summed E-state index contributed by atoms with van der Waals surface area (Å²) in [6, 6.07) is 3.31. The number of ether oxygens (including phenoxy) is 1. The van der Waals surface area contributed by atoms with Gasteiger partial charge in [0.25, 0.3) is 5.91 Å². The van der Waals surface area contributed by atoms with E-state index in [1.165, 1.54) is 7.11 Å². The number of halogens is 1. The minimum absolute atomic E-state index is 0.0554. The molecule has 1 aliphatic heterocycles. The van der Waals surface area contributed by atoms with Crippen LogP contribution in [-0.2, 0) is 9.53 Å². The lowest BCUT2D eigenvalue weighted by Gasteiger charge is -2.34. The van der Waals surface area contributed by atoms with Crippen molar-refractivity contribution in [3.05, 3.63) is 28.5 Å². The molecule has 0 bridgehead atoms. The summed E-state index contributed by atoms with van der Waals surface area (Å²) in [6.45, 7) is 4.52. The number of pyridine rings is 1. The standard InChI is InChI=1S/C14H18ClN3O3/c1-10-7-11(8-12(15)16-10)14(20)18-5-3-17(4-6-18)9-13(19)21-2/h7-8H,3-6,9H2,1-2H3. The van der Waals surface area contributed by atoms with Gasteiger partial charge in [-0.3, -0.25) is 14.5 Å². The zero-order chi connectivity index (χ0) is 15.4. The average Bonchev–Trinajstić information content (AvgIpc) is 2.46. The van der Waals surface area contributed by atoms with Gasteiger partial charge in [0.15, 0.2) is 0 Å². The molecule has 1 amide bonds. The maximum absolute atomic E-state index is 12.4. The van der Waals surface area contributed by atoms with Gasteiger partial charge in [-0.1, -0.05) is 11.6 Å². The van der Waals surface area contributed by atoms with E-state index >= 15 is 0 Å². The van der Waals surface area contributed by atoms with Crippen LogP contribution in [0.1, 0.15) is 16.1 Å². The third-order valence-electron chi connectivity index (χ3n) is 3.41. The van der Waals surface area contributed by atoms with Gasteiger partial charge in [0.2, 0.25) is 0 Å². The molecule has 1 saturated heterocycles. The Bertz CT molecular complexity index is 522. The first-order valence-electron chi connectivity index (χ1n) is 6.72. The molecule has 6 nitrogen and oxygen atoms in total. The molecular formula is C14H18ClN3O3. The van der Waals surface area contributed by atoms with Crippen LogP contribution in [0.5, 0.6) is 0 Å². The van der Waals surface area contributed by atoms with Gasteiger partial charge in [-0.05, 0) is 19.1 Å². The Balaban J connectivity index is 1.95. The maximum atomic E-state index is 12.4. The lowest BCUT2D eigenvalue weighted by atomic mass is 10.2. The number of amides is 1. The Morgan fingerprint density at radius 2 is 1.95 bits per heavy atom. The number of piperazine rings is 1. The molecule has 0 saturated carbocycles. The number of nitrogens with zero attached hydrogens (tertiary/aromatic N) is 3. The van der Waals surface area contributed by atoms with Gasteiger partial charge in [0.1, 0.15) is 5.15 Å².